The molecule has 0 atom stereocenters. The van der Waals surface area contributed by atoms with Crippen molar-refractivity contribution in [2.45, 2.75) is 11.8 Å². The van der Waals surface area contributed by atoms with E-state index in [1.54, 1.807) is 24.0 Å². The van der Waals surface area contributed by atoms with Gasteiger partial charge in [0.15, 0.2) is 0 Å². The van der Waals surface area contributed by atoms with Gasteiger partial charge in [0.1, 0.15) is 12.4 Å². The number of morpholine rings is 1. The fourth-order valence-corrected chi connectivity index (χ4v) is 3.48. The van der Waals surface area contributed by atoms with Gasteiger partial charge in [-0.05, 0) is 30.7 Å². The van der Waals surface area contributed by atoms with Gasteiger partial charge in [0, 0.05) is 19.6 Å². The van der Waals surface area contributed by atoms with Crippen LogP contribution in [-0.4, -0.2) is 59.2 Å². The second-order valence-electron chi connectivity index (χ2n) is 4.96. The molecule has 0 unspecified atom stereocenters. The first-order chi connectivity index (χ1) is 10.4. The molecular formula is C14H20N2O5S. The molecule has 0 aliphatic carbocycles. The predicted octanol–water partition coefficient (Wildman–Crippen LogP) is 0.141. The van der Waals surface area contributed by atoms with Gasteiger partial charge in [-0.2, -0.15) is 0 Å². The van der Waals surface area contributed by atoms with Crippen molar-refractivity contribution in [3.8, 4) is 5.75 Å². The highest BCUT2D eigenvalue weighted by Gasteiger charge is 2.20. The molecule has 0 spiro atoms. The molecule has 0 radical (unpaired) electrons. The van der Waals surface area contributed by atoms with Gasteiger partial charge in [0.05, 0.1) is 18.6 Å². The maximum Gasteiger partial charge on any atom is 0.248 e. The third kappa shape index (κ3) is 3.96. The lowest BCUT2D eigenvalue weighted by molar-refractivity contribution is -0.142. The second-order valence-corrected chi connectivity index (χ2v) is 6.70. The van der Waals surface area contributed by atoms with Crippen LogP contribution in [0.3, 0.4) is 0 Å². The van der Waals surface area contributed by atoms with E-state index >= 15 is 0 Å². The van der Waals surface area contributed by atoms with Crippen LogP contribution >= 0.6 is 0 Å². The highest BCUT2D eigenvalue weighted by molar-refractivity contribution is 7.89. The first-order valence-corrected chi connectivity index (χ1v) is 8.42. The van der Waals surface area contributed by atoms with Gasteiger partial charge in [-0.25, -0.2) is 13.1 Å². The molecule has 1 aromatic carbocycles. The van der Waals surface area contributed by atoms with E-state index in [9.17, 15) is 13.2 Å². The van der Waals surface area contributed by atoms with Crippen molar-refractivity contribution in [2.24, 2.45) is 0 Å². The molecule has 7 nitrogen and oxygen atoms in total. The van der Waals surface area contributed by atoms with Gasteiger partial charge >= 0.3 is 0 Å². The number of rotatable bonds is 6. The van der Waals surface area contributed by atoms with Crippen LogP contribution in [0.15, 0.2) is 23.1 Å². The number of carbonyl (C=O) groups excluding carboxylic acids is 1. The fraction of sp³-hybridized carbons (Fsp3) is 0.500. The Hall–Kier alpha value is -1.64. The lowest BCUT2D eigenvalue weighted by atomic mass is 10.2. The second kappa shape index (κ2) is 7.08. The minimum Gasteiger partial charge on any atom is -0.497 e. The smallest absolute Gasteiger partial charge is 0.248 e. The van der Waals surface area contributed by atoms with Crippen LogP contribution in [0.4, 0.5) is 0 Å². The van der Waals surface area contributed by atoms with Crippen LogP contribution in [0, 0.1) is 6.92 Å². The van der Waals surface area contributed by atoms with Gasteiger partial charge < -0.3 is 14.4 Å². The predicted molar refractivity (Wildman–Crippen MR) is 80.3 cm³/mol. The van der Waals surface area contributed by atoms with Crippen LogP contribution in [0.5, 0.6) is 5.75 Å². The zero-order valence-corrected chi connectivity index (χ0v) is 13.5. The SMILES string of the molecule is COc1ccc(S(=O)(=O)NCCN2CCOCC2=O)c(C)c1. The minimum atomic E-state index is -3.61. The van der Waals surface area contributed by atoms with E-state index in [4.69, 9.17) is 9.47 Å². The summed E-state index contributed by atoms with van der Waals surface area (Å²) in [6, 6.07) is 4.78. The fourth-order valence-electron chi connectivity index (χ4n) is 2.23. The molecule has 1 N–H and O–H groups in total. The average molecular weight is 328 g/mol. The van der Waals surface area contributed by atoms with Gasteiger partial charge in [-0.3, -0.25) is 4.79 Å². The molecule has 1 heterocycles. The Labute approximate surface area is 130 Å². The molecule has 1 aromatic rings. The van der Waals surface area contributed by atoms with E-state index < -0.39 is 10.0 Å². The first kappa shape index (κ1) is 16.7. The highest BCUT2D eigenvalue weighted by atomic mass is 32.2. The molecule has 1 amide bonds. The van der Waals surface area contributed by atoms with Crippen molar-refractivity contribution in [1.29, 1.82) is 0 Å². The Morgan fingerprint density at radius 2 is 2.18 bits per heavy atom. The molecular weight excluding hydrogens is 308 g/mol. The summed E-state index contributed by atoms with van der Waals surface area (Å²) in [6.07, 6.45) is 0. The molecule has 22 heavy (non-hydrogen) atoms. The number of amides is 1. The summed E-state index contributed by atoms with van der Waals surface area (Å²) in [5.74, 6) is 0.487. The van der Waals surface area contributed by atoms with Crippen LogP contribution < -0.4 is 9.46 Å². The first-order valence-electron chi connectivity index (χ1n) is 6.94. The van der Waals surface area contributed by atoms with Crippen molar-refractivity contribution in [3.63, 3.8) is 0 Å². The van der Waals surface area contributed by atoms with Crippen molar-refractivity contribution < 1.29 is 22.7 Å². The van der Waals surface area contributed by atoms with Crippen LogP contribution in [-0.2, 0) is 19.6 Å². The normalized spacial score (nSPS) is 15.9. The number of methoxy groups -OCH3 is 1. The molecule has 1 saturated heterocycles. The topological polar surface area (TPSA) is 84.9 Å². The van der Waals surface area contributed by atoms with Gasteiger partial charge in [-0.15, -0.1) is 0 Å². The van der Waals surface area contributed by atoms with Crippen LogP contribution in [0.25, 0.3) is 0 Å². The number of sulfonamides is 1. The van der Waals surface area contributed by atoms with Crippen molar-refractivity contribution >= 4 is 15.9 Å². The molecule has 0 saturated carbocycles. The van der Waals surface area contributed by atoms with Crippen LogP contribution in [0.2, 0.25) is 0 Å². The molecule has 2 rings (SSSR count). The highest BCUT2D eigenvalue weighted by Crippen LogP contribution is 2.20. The number of ether oxygens (including phenoxy) is 2. The zero-order chi connectivity index (χ0) is 16.2. The molecule has 0 bridgehead atoms. The van der Waals surface area contributed by atoms with E-state index in [0.29, 0.717) is 31.0 Å². The summed E-state index contributed by atoms with van der Waals surface area (Å²) >= 11 is 0. The largest absolute Gasteiger partial charge is 0.497 e. The lowest BCUT2D eigenvalue weighted by Gasteiger charge is -2.26. The molecule has 1 aliphatic rings. The van der Waals surface area contributed by atoms with E-state index in [1.165, 1.54) is 13.2 Å². The summed E-state index contributed by atoms with van der Waals surface area (Å²) < 4.78 is 37.2. The summed E-state index contributed by atoms with van der Waals surface area (Å²) in [5, 5.41) is 0. The van der Waals surface area contributed by atoms with E-state index in [0.717, 1.165) is 0 Å². The number of nitrogens with one attached hydrogen (secondary N) is 1. The maximum atomic E-state index is 12.3. The van der Waals surface area contributed by atoms with Gasteiger partial charge in [0.2, 0.25) is 15.9 Å². The third-order valence-corrected chi connectivity index (χ3v) is 5.05. The Morgan fingerprint density at radius 1 is 1.41 bits per heavy atom. The summed E-state index contributed by atoms with van der Waals surface area (Å²) in [7, 11) is -2.08. The quantitative estimate of drug-likeness (QED) is 0.803. The van der Waals surface area contributed by atoms with E-state index in [2.05, 4.69) is 4.72 Å². The van der Waals surface area contributed by atoms with Gasteiger partial charge in [0.25, 0.3) is 0 Å². The van der Waals surface area contributed by atoms with Crippen molar-refractivity contribution in [3.05, 3.63) is 23.8 Å². The molecule has 0 aromatic heterocycles. The number of benzene rings is 1. The Kier molecular flexibility index (Phi) is 5.38. The minimum absolute atomic E-state index is 0.0599. The monoisotopic (exact) mass is 328 g/mol. The third-order valence-electron chi connectivity index (χ3n) is 3.43. The molecule has 1 aliphatic heterocycles. The zero-order valence-electron chi connectivity index (χ0n) is 12.7. The number of hydrogen-bond acceptors (Lipinski definition) is 5. The van der Waals surface area contributed by atoms with Crippen molar-refractivity contribution in [1.82, 2.24) is 9.62 Å². The van der Waals surface area contributed by atoms with E-state index in [1.807, 2.05) is 0 Å². The lowest BCUT2D eigenvalue weighted by Crippen LogP contribution is -2.45. The maximum absolute atomic E-state index is 12.3. The number of aryl methyl sites for hydroxylation is 1. The number of nitrogens with zero attached hydrogens (tertiary/aromatic N) is 1. The Bertz CT molecular complexity index is 645. The van der Waals surface area contributed by atoms with E-state index in [-0.39, 0.29) is 24.0 Å². The summed E-state index contributed by atoms with van der Waals surface area (Å²) in [6.45, 7) is 3.24. The molecule has 1 fully saturated rings. The number of carbonyl (C=O) groups is 1. The number of hydrogen-bond donors (Lipinski definition) is 1. The Balaban J connectivity index is 1.97. The molecule has 8 heteroatoms. The Morgan fingerprint density at radius 3 is 2.82 bits per heavy atom. The standard InChI is InChI=1S/C14H20N2O5S/c1-11-9-12(20-2)3-4-13(11)22(18,19)15-5-6-16-7-8-21-10-14(16)17/h3-4,9,15H,5-8,10H2,1-2H3. The van der Waals surface area contributed by atoms with Crippen LogP contribution in [0.1, 0.15) is 5.56 Å². The average Bonchev–Trinajstić information content (AvgIpc) is 2.48. The summed E-state index contributed by atoms with van der Waals surface area (Å²) in [5.41, 5.74) is 0.606. The van der Waals surface area contributed by atoms with Crippen molar-refractivity contribution in [2.75, 3.05) is 40.0 Å². The summed E-state index contributed by atoms with van der Waals surface area (Å²) in [4.78, 5) is 13.4. The van der Waals surface area contributed by atoms with Gasteiger partial charge in [-0.1, -0.05) is 0 Å². The molecule has 122 valence electrons.